The van der Waals surface area contributed by atoms with Crippen LogP contribution in [0.25, 0.3) is 16.6 Å². The molecule has 0 unspecified atom stereocenters. The van der Waals surface area contributed by atoms with E-state index in [0.717, 1.165) is 43.7 Å². The maximum absolute atomic E-state index is 13.0. The third-order valence-corrected chi connectivity index (χ3v) is 7.56. The van der Waals surface area contributed by atoms with E-state index in [4.69, 9.17) is 14.2 Å². The van der Waals surface area contributed by atoms with Crippen LogP contribution in [0.1, 0.15) is 41.9 Å². The molecule has 2 aliphatic heterocycles. The van der Waals surface area contributed by atoms with Gasteiger partial charge in [-0.2, -0.15) is 0 Å². The first-order chi connectivity index (χ1) is 20.0. The van der Waals surface area contributed by atoms with Gasteiger partial charge >= 0.3 is 0 Å². The minimum Gasteiger partial charge on any atom is -0.494 e. The molecule has 6 rings (SSSR count). The van der Waals surface area contributed by atoms with Gasteiger partial charge in [0.15, 0.2) is 11.5 Å². The molecule has 1 aromatic heterocycles. The highest BCUT2D eigenvalue weighted by atomic mass is 16.5. The fourth-order valence-electron chi connectivity index (χ4n) is 5.44. The molecule has 1 saturated heterocycles. The molecule has 4 aromatic rings. The van der Waals surface area contributed by atoms with Crippen molar-refractivity contribution >= 4 is 28.7 Å². The summed E-state index contributed by atoms with van der Waals surface area (Å²) in [5.74, 6) is 2.45. The zero-order valence-corrected chi connectivity index (χ0v) is 23.2. The van der Waals surface area contributed by atoms with E-state index >= 15 is 0 Å². The van der Waals surface area contributed by atoms with Crippen LogP contribution in [0, 0.1) is 6.92 Å². The molecule has 41 heavy (non-hydrogen) atoms. The number of para-hydroxylation sites is 1. The summed E-state index contributed by atoms with van der Waals surface area (Å²) in [6, 6.07) is 18.4. The zero-order chi connectivity index (χ0) is 28.3. The second-order valence-electron chi connectivity index (χ2n) is 10.2. The average molecular weight is 553 g/mol. The number of fused-ring (bicyclic) bond motifs is 3. The Morgan fingerprint density at radius 2 is 1.73 bits per heavy atom. The summed E-state index contributed by atoms with van der Waals surface area (Å²) >= 11 is 0. The smallest absolute Gasteiger partial charge is 0.265 e. The van der Waals surface area contributed by atoms with E-state index in [1.54, 1.807) is 29.9 Å². The van der Waals surface area contributed by atoms with Gasteiger partial charge in [-0.15, -0.1) is 0 Å². The number of aromatic nitrogens is 2. The first kappa shape index (κ1) is 26.6. The molecule has 0 aliphatic carbocycles. The maximum Gasteiger partial charge on any atom is 0.265 e. The van der Waals surface area contributed by atoms with Crippen molar-refractivity contribution in [2.24, 2.45) is 4.99 Å². The molecule has 0 saturated carbocycles. The Hall–Kier alpha value is -4.66. The highest BCUT2D eigenvalue weighted by molar-refractivity contribution is 6.03. The van der Waals surface area contributed by atoms with Crippen LogP contribution in [0.3, 0.4) is 0 Å². The van der Waals surface area contributed by atoms with Crippen molar-refractivity contribution in [1.29, 1.82) is 0 Å². The van der Waals surface area contributed by atoms with Crippen LogP contribution in [-0.2, 0) is 0 Å². The van der Waals surface area contributed by atoms with Gasteiger partial charge < -0.3 is 19.1 Å². The van der Waals surface area contributed by atoms with Gasteiger partial charge in [0.1, 0.15) is 11.6 Å². The lowest BCUT2D eigenvalue weighted by Crippen LogP contribution is -2.35. The number of nitrogens with zero attached hydrogens (tertiary/aromatic N) is 4. The Morgan fingerprint density at radius 1 is 0.951 bits per heavy atom. The summed E-state index contributed by atoms with van der Waals surface area (Å²) in [6.45, 7) is 3.58. The number of benzene rings is 3. The Labute approximate surface area is 238 Å². The molecule has 0 radical (unpaired) electrons. The summed E-state index contributed by atoms with van der Waals surface area (Å²) in [7, 11) is 1.57. The number of hydrogen-bond donors (Lipinski definition) is 0. The van der Waals surface area contributed by atoms with Crippen molar-refractivity contribution in [3.05, 3.63) is 82.4 Å². The Morgan fingerprint density at radius 3 is 2.54 bits per heavy atom. The van der Waals surface area contributed by atoms with Crippen LogP contribution in [0.15, 0.2) is 70.5 Å². The minimum absolute atomic E-state index is 0.00819. The monoisotopic (exact) mass is 552 g/mol. The van der Waals surface area contributed by atoms with Crippen molar-refractivity contribution in [2.45, 2.75) is 38.6 Å². The Kier molecular flexibility index (Phi) is 7.41. The fraction of sp³-hybridized carbons (Fsp3) is 0.312. The number of unbranched alkanes of at least 4 members (excludes halogenated alkanes) is 1. The number of aliphatic imine (C=N–C) groups is 1. The van der Waals surface area contributed by atoms with Crippen molar-refractivity contribution in [2.75, 3.05) is 26.9 Å². The summed E-state index contributed by atoms with van der Waals surface area (Å²) in [4.78, 5) is 37.1. The standard InChI is InChI=1S/C32H32N4O5/c1-21-34-27-10-4-3-9-25(27)32(38)36(21)22-11-13-24(14-12-22)40-16-5-6-17-41-30-19-28-26(18-29(30)39-2)31(37)35-15-7-8-23(35)20-33-28/h3-4,9-14,18-20,23H,5-8,15-17H2,1-2H3/t23-/m0/s1. The van der Waals surface area contributed by atoms with E-state index in [1.807, 2.05) is 60.5 Å². The molecule has 9 heteroatoms. The number of methoxy groups -OCH3 is 1. The molecule has 0 spiro atoms. The van der Waals surface area contributed by atoms with Gasteiger partial charge in [-0.1, -0.05) is 12.1 Å². The van der Waals surface area contributed by atoms with E-state index in [1.165, 1.54) is 0 Å². The lowest BCUT2D eigenvalue weighted by Gasteiger charge is -2.20. The number of rotatable bonds is 9. The molecule has 0 N–H and O–H groups in total. The average Bonchev–Trinajstić information content (AvgIpc) is 3.42. The molecule has 3 heterocycles. The van der Waals surface area contributed by atoms with Crippen molar-refractivity contribution in [3.63, 3.8) is 0 Å². The minimum atomic E-state index is -0.0911. The summed E-state index contributed by atoms with van der Waals surface area (Å²) in [6.07, 6.45) is 5.37. The van der Waals surface area contributed by atoms with Gasteiger partial charge in [-0.05, 0) is 75.1 Å². The Balaban J connectivity index is 1.03. The van der Waals surface area contributed by atoms with E-state index in [2.05, 4.69) is 9.98 Å². The van der Waals surface area contributed by atoms with E-state index in [9.17, 15) is 9.59 Å². The molecule has 9 nitrogen and oxygen atoms in total. The molecule has 1 atom stereocenters. The topological polar surface area (TPSA) is 95.2 Å². The molecule has 210 valence electrons. The molecule has 2 aliphatic rings. The van der Waals surface area contributed by atoms with Gasteiger partial charge in [0, 0.05) is 18.8 Å². The second kappa shape index (κ2) is 11.4. The van der Waals surface area contributed by atoms with Crippen LogP contribution in [0.2, 0.25) is 0 Å². The normalized spacial score (nSPS) is 15.9. The molecule has 1 fully saturated rings. The van der Waals surface area contributed by atoms with Crippen molar-refractivity contribution in [3.8, 4) is 22.9 Å². The SMILES string of the molecule is COc1cc2c(cc1OCCCCOc1ccc(-n3c(C)nc4ccccc4c3=O)cc1)N=C[C@@H]1CCCN1C2=O. The highest BCUT2D eigenvalue weighted by Gasteiger charge is 2.32. The third kappa shape index (κ3) is 5.27. The second-order valence-corrected chi connectivity index (χ2v) is 10.2. The fourth-order valence-corrected chi connectivity index (χ4v) is 5.44. The first-order valence-electron chi connectivity index (χ1n) is 13.9. The predicted octanol–water partition coefficient (Wildman–Crippen LogP) is 5.26. The van der Waals surface area contributed by atoms with Crippen LogP contribution >= 0.6 is 0 Å². The van der Waals surface area contributed by atoms with Gasteiger partial charge in [-0.25, -0.2) is 4.98 Å². The van der Waals surface area contributed by atoms with Crippen molar-refractivity contribution in [1.82, 2.24) is 14.5 Å². The number of ether oxygens (including phenoxy) is 3. The number of amides is 1. The van der Waals surface area contributed by atoms with Gasteiger partial charge in [0.25, 0.3) is 11.5 Å². The predicted molar refractivity (Wildman–Crippen MR) is 158 cm³/mol. The molecule has 3 aromatic carbocycles. The zero-order valence-electron chi connectivity index (χ0n) is 23.2. The summed E-state index contributed by atoms with van der Waals surface area (Å²) < 4.78 is 19.1. The van der Waals surface area contributed by atoms with Crippen LogP contribution in [-0.4, -0.2) is 59.5 Å². The number of carbonyl (C=O) groups is 1. The van der Waals surface area contributed by atoms with Crippen molar-refractivity contribution < 1.29 is 19.0 Å². The van der Waals surface area contributed by atoms with Gasteiger partial charge in [0.05, 0.1) is 54.2 Å². The maximum atomic E-state index is 13.0. The van der Waals surface area contributed by atoms with Crippen LogP contribution in [0.5, 0.6) is 17.2 Å². The molecular formula is C32H32N4O5. The van der Waals surface area contributed by atoms with E-state index in [0.29, 0.717) is 52.7 Å². The van der Waals surface area contributed by atoms with Gasteiger partial charge in [-0.3, -0.25) is 19.1 Å². The highest BCUT2D eigenvalue weighted by Crippen LogP contribution is 2.38. The molecular weight excluding hydrogens is 520 g/mol. The van der Waals surface area contributed by atoms with Crippen LogP contribution in [0.4, 0.5) is 5.69 Å². The lowest BCUT2D eigenvalue weighted by atomic mass is 10.1. The molecule has 0 bridgehead atoms. The Bertz CT molecular complexity index is 1680. The van der Waals surface area contributed by atoms with Gasteiger partial charge in [0.2, 0.25) is 0 Å². The molecule has 1 amide bonds. The summed E-state index contributed by atoms with van der Waals surface area (Å²) in [5.41, 5.74) is 2.51. The first-order valence-corrected chi connectivity index (χ1v) is 13.9. The lowest BCUT2D eigenvalue weighted by molar-refractivity contribution is 0.0774. The van der Waals surface area contributed by atoms with E-state index < -0.39 is 0 Å². The van der Waals surface area contributed by atoms with E-state index in [-0.39, 0.29) is 17.5 Å². The third-order valence-electron chi connectivity index (χ3n) is 7.56. The van der Waals surface area contributed by atoms with Crippen LogP contribution < -0.4 is 19.8 Å². The largest absolute Gasteiger partial charge is 0.494 e. The number of aryl methyl sites for hydroxylation is 1. The number of hydrogen-bond acceptors (Lipinski definition) is 7. The quantitative estimate of drug-likeness (QED) is 0.263. The summed E-state index contributed by atoms with van der Waals surface area (Å²) in [5, 5.41) is 0.589. The number of carbonyl (C=O) groups excluding carboxylic acids is 1.